The van der Waals surface area contributed by atoms with Crippen LogP contribution >= 0.6 is 0 Å². The Hall–Kier alpha value is -1.80. The summed E-state index contributed by atoms with van der Waals surface area (Å²) in [6, 6.07) is 19.0. The van der Waals surface area contributed by atoms with E-state index in [1.165, 1.54) is 0 Å². The molecule has 140 valence electrons. The van der Waals surface area contributed by atoms with Crippen LogP contribution in [0.15, 0.2) is 60.7 Å². The van der Waals surface area contributed by atoms with Crippen molar-refractivity contribution in [3.63, 3.8) is 0 Å². The lowest BCUT2D eigenvalue weighted by atomic mass is 9.86. The highest BCUT2D eigenvalue weighted by Crippen LogP contribution is 2.35. The molecule has 2 aromatic carbocycles. The zero-order chi connectivity index (χ0) is 18.6. The van der Waals surface area contributed by atoms with Gasteiger partial charge in [-0.1, -0.05) is 60.7 Å². The van der Waals surface area contributed by atoms with Gasteiger partial charge in [-0.2, -0.15) is 0 Å². The van der Waals surface area contributed by atoms with Crippen molar-refractivity contribution in [3.8, 4) is 0 Å². The monoisotopic (exact) mass is 359 g/mol. The second-order valence-electron chi connectivity index (χ2n) is 6.86. The standard InChI is InChI=1S/C20H25NO5/c21-20(24,13-22)18-17(25-12-16-9-5-2-6-10-16)19(23,14-26-18)11-15-7-3-1-4-8-15/h1-10,17-18,22-24H,11-14,21H2/t17-,18+,19-,20-/m0/s1. The van der Waals surface area contributed by atoms with Crippen molar-refractivity contribution in [1.82, 2.24) is 0 Å². The summed E-state index contributed by atoms with van der Waals surface area (Å²) in [5.74, 6) is 0. The molecule has 5 N–H and O–H groups in total. The highest BCUT2D eigenvalue weighted by molar-refractivity contribution is 5.20. The fraction of sp³-hybridized carbons (Fsp3) is 0.400. The lowest BCUT2D eigenvalue weighted by Crippen LogP contribution is -2.61. The van der Waals surface area contributed by atoms with Crippen molar-refractivity contribution < 1.29 is 24.8 Å². The van der Waals surface area contributed by atoms with Crippen molar-refractivity contribution in [2.45, 2.75) is 36.6 Å². The van der Waals surface area contributed by atoms with Crippen LogP contribution < -0.4 is 5.73 Å². The quantitative estimate of drug-likeness (QED) is 0.539. The minimum Gasteiger partial charge on any atom is -0.392 e. The third kappa shape index (κ3) is 4.12. The Morgan fingerprint density at radius 2 is 1.65 bits per heavy atom. The van der Waals surface area contributed by atoms with Gasteiger partial charge in [-0.25, -0.2) is 0 Å². The van der Waals surface area contributed by atoms with E-state index in [-0.39, 0.29) is 19.6 Å². The zero-order valence-corrected chi connectivity index (χ0v) is 14.5. The van der Waals surface area contributed by atoms with Crippen LogP contribution in [0.3, 0.4) is 0 Å². The van der Waals surface area contributed by atoms with Gasteiger partial charge in [-0.15, -0.1) is 0 Å². The molecule has 0 aliphatic carbocycles. The molecule has 0 radical (unpaired) electrons. The molecule has 0 unspecified atom stereocenters. The van der Waals surface area contributed by atoms with Crippen LogP contribution in [0.5, 0.6) is 0 Å². The molecule has 2 aromatic rings. The highest BCUT2D eigenvalue weighted by Gasteiger charge is 2.56. The average molecular weight is 359 g/mol. The number of rotatable bonds is 7. The molecule has 3 rings (SSSR count). The van der Waals surface area contributed by atoms with Gasteiger partial charge in [0.1, 0.15) is 17.8 Å². The van der Waals surface area contributed by atoms with Gasteiger partial charge in [0, 0.05) is 6.42 Å². The normalized spacial score (nSPS) is 28.0. The Balaban J connectivity index is 1.82. The lowest BCUT2D eigenvalue weighted by molar-refractivity contribution is -0.161. The Bertz CT molecular complexity index is 694. The second kappa shape index (κ2) is 7.84. The van der Waals surface area contributed by atoms with Gasteiger partial charge in [0.25, 0.3) is 0 Å². The summed E-state index contributed by atoms with van der Waals surface area (Å²) in [5, 5.41) is 30.9. The second-order valence-corrected chi connectivity index (χ2v) is 6.86. The molecular weight excluding hydrogens is 334 g/mol. The molecule has 0 amide bonds. The van der Waals surface area contributed by atoms with Crippen LogP contribution in [0.4, 0.5) is 0 Å². The maximum Gasteiger partial charge on any atom is 0.165 e. The first kappa shape index (κ1) is 19.0. The fourth-order valence-electron chi connectivity index (χ4n) is 3.29. The topological polar surface area (TPSA) is 105 Å². The molecule has 26 heavy (non-hydrogen) atoms. The van der Waals surface area contributed by atoms with E-state index in [1.807, 2.05) is 60.7 Å². The molecule has 1 aliphatic rings. The van der Waals surface area contributed by atoms with Crippen molar-refractivity contribution in [2.24, 2.45) is 5.73 Å². The van der Waals surface area contributed by atoms with Gasteiger partial charge in [0.05, 0.1) is 19.8 Å². The summed E-state index contributed by atoms with van der Waals surface area (Å²) < 4.78 is 11.5. The van der Waals surface area contributed by atoms with Crippen molar-refractivity contribution in [1.29, 1.82) is 0 Å². The van der Waals surface area contributed by atoms with E-state index in [9.17, 15) is 15.3 Å². The molecule has 1 fully saturated rings. The maximum atomic E-state index is 11.2. The van der Waals surface area contributed by atoms with Gasteiger partial charge >= 0.3 is 0 Å². The van der Waals surface area contributed by atoms with Gasteiger partial charge in [-0.3, -0.25) is 5.73 Å². The van der Waals surface area contributed by atoms with Gasteiger partial charge in [-0.05, 0) is 11.1 Å². The summed E-state index contributed by atoms with van der Waals surface area (Å²) in [7, 11) is 0. The van der Waals surface area contributed by atoms with Gasteiger partial charge in [0.2, 0.25) is 0 Å². The first-order chi connectivity index (χ1) is 12.4. The molecule has 6 heteroatoms. The number of nitrogens with two attached hydrogens (primary N) is 1. The Kier molecular flexibility index (Phi) is 5.72. The molecule has 1 heterocycles. The molecule has 1 aliphatic heterocycles. The number of hydrogen-bond donors (Lipinski definition) is 4. The third-order valence-corrected chi connectivity index (χ3v) is 4.69. The number of benzene rings is 2. The van der Waals surface area contributed by atoms with Crippen LogP contribution in [-0.2, 0) is 22.5 Å². The third-order valence-electron chi connectivity index (χ3n) is 4.69. The molecule has 0 aromatic heterocycles. The molecule has 1 saturated heterocycles. The lowest BCUT2D eigenvalue weighted by Gasteiger charge is -2.35. The minimum atomic E-state index is -2.01. The molecule has 0 spiro atoms. The Morgan fingerprint density at radius 3 is 2.23 bits per heavy atom. The Labute approximate surface area is 152 Å². The van der Waals surface area contributed by atoms with Crippen LogP contribution in [-0.4, -0.2) is 52.1 Å². The number of hydrogen-bond acceptors (Lipinski definition) is 6. The Morgan fingerprint density at radius 1 is 1.08 bits per heavy atom. The van der Waals surface area contributed by atoms with E-state index in [2.05, 4.69) is 0 Å². The number of aliphatic hydroxyl groups excluding tert-OH is 1. The van der Waals surface area contributed by atoms with E-state index in [4.69, 9.17) is 15.2 Å². The van der Waals surface area contributed by atoms with E-state index in [1.54, 1.807) is 0 Å². The SMILES string of the molecule is N[C@](O)(CO)[C@@H]1OC[C@@](O)(Cc2ccccc2)[C@H]1OCc1ccccc1. The predicted molar refractivity (Wildman–Crippen MR) is 96.1 cm³/mol. The van der Waals surface area contributed by atoms with E-state index in [0.717, 1.165) is 11.1 Å². The summed E-state index contributed by atoms with van der Waals surface area (Å²) in [4.78, 5) is 0. The maximum absolute atomic E-state index is 11.2. The van der Waals surface area contributed by atoms with Crippen molar-refractivity contribution >= 4 is 0 Å². The minimum absolute atomic E-state index is 0.0501. The largest absolute Gasteiger partial charge is 0.392 e. The highest BCUT2D eigenvalue weighted by atomic mass is 16.6. The van der Waals surface area contributed by atoms with Crippen LogP contribution in [0.2, 0.25) is 0 Å². The molecule has 0 saturated carbocycles. The molecular formula is C20H25NO5. The van der Waals surface area contributed by atoms with E-state index >= 15 is 0 Å². The molecule has 0 bridgehead atoms. The zero-order valence-electron chi connectivity index (χ0n) is 14.5. The van der Waals surface area contributed by atoms with Gasteiger partial charge < -0.3 is 24.8 Å². The first-order valence-corrected chi connectivity index (χ1v) is 8.60. The number of ether oxygens (including phenoxy) is 2. The number of aliphatic hydroxyl groups is 3. The van der Waals surface area contributed by atoms with Crippen LogP contribution in [0, 0.1) is 0 Å². The van der Waals surface area contributed by atoms with Crippen LogP contribution in [0.25, 0.3) is 0 Å². The van der Waals surface area contributed by atoms with Crippen molar-refractivity contribution in [2.75, 3.05) is 13.2 Å². The van der Waals surface area contributed by atoms with Gasteiger partial charge in [0.15, 0.2) is 5.72 Å². The average Bonchev–Trinajstić information content (AvgIpc) is 2.98. The van der Waals surface area contributed by atoms with Crippen molar-refractivity contribution in [3.05, 3.63) is 71.8 Å². The first-order valence-electron chi connectivity index (χ1n) is 8.60. The molecule has 4 atom stereocenters. The summed E-state index contributed by atoms with van der Waals surface area (Å²) in [6.07, 6.45) is -1.67. The van der Waals surface area contributed by atoms with E-state index in [0.29, 0.717) is 0 Å². The summed E-state index contributed by atoms with van der Waals surface area (Å²) in [5.41, 5.74) is 4.24. The smallest absolute Gasteiger partial charge is 0.165 e. The van der Waals surface area contributed by atoms with E-state index < -0.39 is 30.1 Å². The summed E-state index contributed by atoms with van der Waals surface area (Å²) in [6.45, 7) is -0.528. The summed E-state index contributed by atoms with van der Waals surface area (Å²) >= 11 is 0. The predicted octanol–water partition coefficient (Wildman–Crippen LogP) is 0.584. The van der Waals surface area contributed by atoms with Crippen LogP contribution in [0.1, 0.15) is 11.1 Å². The fourth-order valence-corrected chi connectivity index (χ4v) is 3.29. The molecule has 6 nitrogen and oxygen atoms in total.